The van der Waals surface area contributed by atoms with E-state index in [1.54, 1.807) is 24.3 Å². The standard InChI is InChI=1S/C17H14BrNO3/c1-17-8-22-14-7-10(21)2-4-11(14)16(17)19-13-5-3-9(20)6-12(13)15(17)18/h2-7,15,20-21H,8H2,1H3. The van der Waals surface area contributed by atoms with Gasteiger partial charge in [-0.15, -0.1) is 0 Å². The Morgan fingerprint density at radius 2 is 1.91 bits per heavy atom. The number of fused-ring (bicyclic) bond motifs is 4. The lowest BCUT2D eigenvalue weighted by Crippen LogP contribution is -2.43. The van der Waals surface area contributed by atoms with Crippen molar-refractivity contribution in [3.63, 3.8) is 0 Å². The summed E-state index contributed by atoms with van der Waals surface area (Å²) in [5.41, 5.74) is 3.29. The molecule has 2 aliphatic heterocycles. The number of halogens is 1. The Labute approximate surface area is 136 Å². The van der Waals surface area contributed by atoms with E-state index in [0.717, 1.165) is 22.5 Å². The average molecular weight is 360 g/mol. The lowest BCUT2D eigenvalue weighted by Gasteiger charge is -2.42. The van der Waals surface area contributed by atoms with E-state index in [0.29, 0.717) is 12.4 Å². The van der Waals surface area contributed by atoms with E-state index in [1.165, 1.54) is 0 Å². The van der Waals surface area contributed by atoms with E-state index < -0.39 is 0 Å². The second-order valence-corrected chi connectivity index (χ2v) is 6.87. The highest BCUT2D eigenvalue weighted by atomic mass is 79.9. The molecule has 2 aromatic carbocycles. The zero-order valence-electron chi connectivity index (χ0n) is 11.9. The molecule has 4 rings (SSSR count). The maximum atomic E-state index is 9.75. The first-order chi connectivity index (χ1) is 10.5. The summed E-state index contributed by atoms with van der Waals surface area (Å²) in [5.74, 6) is 1.06. The molecule has 0 aromatic heterocycles. The van der Waals surface area contributed by atoms with Gasteiger partial charge >= 0.3 is 0 Å². The largest absolute Gasteiger partial charge is 0.508 e. The van der Waals surface area contributed by atoms with Crippen LogP contribution in [-0.4, -0.2) is 22.5 Å². The quantitative estimate of drug-likeness (QED) is 0.697. The van der Waals surface area contributed by atoms with E-state index in [9.17, 15) is 10.2 Å². The molecule has 0 saturated heterocycles. The molecule has 0 saturated carbocycles. The molecule has 112 valence electrons. The van der Waals surface area contributed by atoms with Gasteiger partial charge in [0, 0.05) is 11.6 Å². The first kappa shape index (κ1) is 13.6. The summed E-state index contributed by atoms with van der Waals surface area (Å²) < 4.78 is 5.86. The number of rotatable bonds is 0. The molecule has 2 aromatic rings. The number of phenols is 2. The monoisotopic (exact) mass is 359 g/mol. The lowest BCUT2D eigenvalue weighted by molar-refractivity contribution is 0.206. The molecule has 0 radical (unpaired) electrons. The third-order valence-electron chi connectivity index (χ3n) is 4.36. The number of hydrogen-bond acceptors (Lipinski definition) is 4. The van der Waals surface area contributed by atoms with Crippen LogP contribution < -0.4 is 4.74 Å². The molecule has 5 heteroatoms. The van der Waals surface area contributed by atoms with Gasteiger partial charge in [0.25, 0.3) is 0 Å². The van der Waals surface area contributed by atoms with Crippen LogP contribution in [0.2, 0.25) is 0 Å². The molecular formula is C17H14BrNO3. The number of benzene rings is 2. The fourth-order valence-corrected chi connectivity index (χ4v) is 3.84. The van der Waals surface area contributed by atoms with Crippen molar-refractivity contribution in [2.45, 2.75) is 11.8 Å². The minimum absolute atomic E-state index is 0.0171. The first-order valence-electron chi connectivity index (χ1n) is 7.01. The van der Waals surface area contributed by atoms with E-state index in [2.05, 4.69) is 22.9 Å². The first-order valence-corrected chi connectivity index (χ1v) is 7.93. The number of hydrogen-bond donors (Lipinski definition) is 2. The number of aliphatic imine (C=N–C) groups is 1. The molecule has 2 heterocycles. The van der Waals surface area contributed by atoms with Crippen molar-refractivity contribution >= 4 is 27.3 Å². The minimum atomic E-state index is -0.342. The van der Waals surface area contributed by atoms with E-state index in [4.69, 9.17) is 9.73 Å². The Balaban J connectivity index is 1.97. The van der Waals surface area contributed by atoms with Crippen LogP contribution in [0.5, 0.6) is 17.2 Å². The van der Waals surface area contributed by atoms with Gasteiger partial charge in [0.05, 0.1) is 21.6 Å². The Hall–Kier alpha value is -2.01. The molecule has 22 heavy (non-hydrogen) atoms. The van der Waals surface area contributed by atoms with Gasteiger partial charge < -0.3 is 14.9 Å². The van der Waals surface area contributed by atoms with E-state index >= 15 is 0 Å². The van der Waals surface area contributed by atoms with Gasteiger partial charge in [-0.05, 0) is 42.8 Å². The normalized spacial score (nSPS) is 25.4. The van der Waals surface area contributed by atoms with Gasteiger partial charge in [0.2, 0.25) is 0 Å². The number of nitrogens with zero attached hydrogens (tertiary/aromatic N) is 1. The Morgan fingerprint density at radius 1 is 1.18 bits per heavy atom. The van der Waals surface area contributed by atoms with Gasteiger partial charge in [0.15, 0.2) is 0 Å². The van der Waals surface area contributed by atoms with E-state index in [1.807, 2.05) is 12.1 Å². The summed E-state index contributed by atoms with van der Waals surface area (Å²) in [7, 11) is 0. The average Bonchev–Trinajstić information content (AvgIpc) is 2.50. The molecule has 0 aliphatic carbocycles. The van der Waals surface area contributed by atoms with Crippen LogP contribution in [0.25, 0.3) is 0 Å². The van der Waals surface area contributed by atoms with E-state index in [-0.39, 0.29) is 21.7 Å². The second kappa shape index (κ2) is 4.49. The van der Waals surface area contributed by atoms with Crippen molar-refractivity contribution in [3.05, 3.63) is 47.5 Å². The number of alkyl halides is 1. The Bertz CT molecular complexity index is 818. The minimum Gasteiger partial charge on any atom is -0.508 e. The number of ether oxygens (including phenoxy) is 1. The van der Waals surface area contributed by atoms with Crippen molar-refractivity contribution in [1.29, 1.82) is 0 Å². The molecular weight excluding hydrogens is 346 g/mol. The highest BCUT2D eigenvalue weighted by Crippen LogP contribution is 2.54. The second-order valence-electron chi connectivity index (χ2n) is 5.95. The third-order valence-corrected chi connectivity index (χ3v) is 5.87. The molecule has 2 N–H and O–H groups in total. The Morgan fingerprint density at radius 3 is 2.73 bits per heavy atom. The van der Waals surface area contributed by atoms with Gasteiger partial charge in [-0.2, -0.15) is 0 Å². The smallest absolute Gasteiger partial charge is 0.132 e. The molecule has 0 fully saturated rings. The summed E-state index contributed by atoms with van der Waals surface area (Å²) in [5, 5.41) is 19.4. The van der Waals surface area contributed by atoms with Gasteiger partial charge in [-0.3, -0.25) is 4.99 Å². The highest BCUT2D eigenvalue weighted by molar-refractivity contribution is 9.09. The highest BCUT2D eigenvalue weighted by Gasteiger charge is 2.47. The van der Waals surface area contributed by atoms with Crippen LogP contribution in [0.4, 0.5) is 5.69 Å². The van der Waals surface area contributed by atoms with Crippen molar-refractivity contribution in [3.8, 4) is 17.2 Å². The van der Waals surface area contributed by atoms with Crippen LogP contribution in [0.1, 0.15) is 22.9 Å². The van der Waals surface area contributed by atoms with Gasteiger partial charge in [0.1, 0.15) is 23.9 Å². The summed E-state index contributed by atoms with van der Waals surface area (Å²) in [6, 6.07) is 10.3. The zero-order valence-corrected chi connectivity index (χ0v) is 13.5. The fourth-order valence-electron chi connectivity index (χ4n) is 3.12. The fraction of sp³-hybridized carbons (Fsp3) is 0.235. The van der Waals surface area contributed by atoms with Crippen molar-refractivity contribution in [2.24, 2.45) is 10.4 Å². The molecule has 4 nitrogen and oxygen atoms in total. The number of aromatic hydroxyl groups is 2. The SMILES string of the molecule is CC12COc3cc(O)ccc3C1=Nc1ccc(O)cc1C2Br. The summed E-state index contributed by atoms with van der Waals surface area (Å²) in [6.45, 7) is 2.54. The summed E-state index contributed by atoms with van der Waals surface area (Å²) in [4.78, 5) is 4.80. The Kier molecular flexibility index (Phi) is 2.78. The maximum absolute atomic E-state index is 9.75. The maximum Gasteiger partial charge on any atom is 0.132 e. The summed E-state index contributed by atoms with van der Waals surface area (Å²) >= 11 is 3.76. The van der Waals surface area contributed by atoms with Crippen molar-refractivity contribution < 1.29 is 14.9 Å². The topological polar surface area (TPSA) is 62.0 Å². The molecule has 0 spiro atoms. The van der Waals surface area contributed by atoms with Crippen molar-refractivity contribution in [2.75, 3.05) is 6.61 Å². The van der Waals surface area contributed by atoms with Crippen LogP contribution >= 0.6 is 15.9 Å². The predicted octanol–water partition coefficient (Wildman–Crippen LogP) is 4.07. The molecule has 2 aliphatic rings. The lowest BCUT2D eigenvalue weighted by atomic mass is 9.73. The molecule has 2 unspecified atom stereocenters. The van der Waals surface area contributed by atoms with Crippen LogP contribution in [0, 0.1) is 5.41 Å². The third kappa shape index (κ3) is 1.78. The van der Waals surface area contributed by atoms with Gasteiger partial charge in [-0.1, -0.05) is 15.9 Å². The zero-order chi connectivity index (χ0) is 15.5. The molecule has 0 bridgehead atoms. The van der Waals surface area contributed by atoms with Crippen LogP contribution in [0.3, 0.4) is 0 Å². The summed E-state index contributed by atoms with van der Waals surface area (Å²) in [6.07, 6.45) is 0. The van der Waals surface area contributed by atoms with Crippen LogP contribution in [-0.2, 0) is 0 Å². The van der Waals surface area contributed by atoms with Crippen LogP contribution in [0.15, 0.2) is 41.4 Å². The molecule has 0 amide bonds. The predicted molar refractivity (Wildman–Crippen MR) is 87.7 cm³/mol. The van der Waals surface area contributed by atoms with Gasteiger partial charge in [-0.25, -0.2) is 0 Å². The number of phenolic OH excluding ortho intramolecular Hbond substituents is 2. The van der Waals surface area contributed by atoms with Crippen molar-refractivity contribution in [1.82, 2.24) is 0 Å². The molecule has 2 atom stereocenters.